The molecular formula is C20H17NO. The summed E-state index contributed by atoms with van der Waals surface area (Å²) in [4.78, 5) is 0. The molecule has 108 valence electrons. The fourth-order valence-corrected chi connectivity index (χ4v) is 2.85. The molecule has 0 bridgehead atoms. The van der Waals surface area contributed by atoms with Crippen molar-refractivity contribution in [2.75, 3.05) is 5.32 Å². The Labute approximate surface area is 129 Å². The molecule has 4 aromatic rings. The lowest BCUT2D eigenvalue weighted by Crippen LogP contribution is -1.90. The molecule has 22 heavy (non-hydrogen) atoms. The van der Waals surface area contributed by atoms with Crippen molar-refractivity contribution in [3.8, 4) is 0 Å². The first-order chi connectivity index (χ1) is 10.7. The molecule has 0 aliphatic carbocycles. The van der Waals surface area contributed by atoms with Crippen LogP contribution in [0, 0.1) is 13.8 Å². The molecule has 4 rings (SSSR count). The third kappa shape index (κ3) is 2.04. The van der Waals surface area contributed by atoms with Gasteiger partial charge < -0.3 is 9.73 Å². The number of anilines is 2. The van der Waals surface area contributed by atoms with Crippen molar-refractivity contribution in [3.63, 3.8) is 0 Å². The summed E-state index contributed by atoms with van der Waals surface area (Å²) in [6, 6.07) is 20.9. The van der Waals surface area contributed by atoms with Gasteiger partial charge in [0.15, 0.2) is 5.58 Å². The number of para-hydroxylation sites is 2. The normalized spacial score (nSPS) is 11.2. The molecule has 2 heteroatoms. The Balaban J connectivity index is 1.89. The summed E-state index contributed by atoms with van der Waals surface area (Å²) >= 11 is 0. The summed E-state index contributed by atoms with van der Waals surface area (Å²) in [6.45, 7) is 4.17. The highest BCUT2D eigenvalue weighted by Gasteiger charge is 2.11. The highest BCUT2D eigenvalue weighted by atomic mass is 16.3. The van der Waals surface area contributed by atoms with Gasteiger partial charge in [-0.15, -0.1) is 0 Å². The number of hydrogen-bond donors (Lipinski definition) is 1. The molecule has 0 aliphatic heterocycles. The van der Waals surface area contributed by atoms with E-state index in [2.05, 4.69) is 79.8 Å². The lowest BCUT2D eigenvalue weighted by atomic mass is 10.1. The second-order valence-corrected chi connectivity index (χ2v) is 5.73. The average molecular weight is 287 g/mol. The molecule has 0 saturated carbocycles. The Morgan fingerprint density at radius 2 is 1.41 bits per heavy atom. The molecule has 2 nitrogen and oxygen atoms in total. The van der Waals surface area contributed by atoms with Gasteiger partial charge in [-0.3, -0.25) is 0 Å². The largest absolute Gasteiger partial charge is 0.454 e. The van der Waals surface area contributed by atoms with Crippen LogP contribution in [0.4, 0.5) is 11.4 Å². The van der Waals surface area contributed by atoms with Crippen LogP contribution in [0.1, 0.15) is 11.1 Å². The van der Waals surface area contributed by atoms with Gasteiger partial charge in [0.05, 0.1) is 5.69 Å². The summed E-state index contributed by atoms with van der Waals surface area (Å²) in [5.41, 5.74) is 6.35. The number of rotatable bonds is 2. The number of hydrogen-bond acceptors (Lipinski definition) is 2. The van der Waals surface area contributed by atoms with E-state index in [1.165, 1.54) is 10.9 Å². The van der Waals surface area contributed by atoms with Crippen molar-refractivity contribution in [1.29, 1.82) is 0 Å². The zero-order valence-corrected chi connectivity index (χ0v) is 12.7. The zero-order chi connectivity index (χ0) is 15.1. The van der Waals surface area contributed by atoms with E-state index >= 15 is 0 Å². The molecule has 0 radical (unpaired) electrons. The lowest BCUT2D eigenvalue weighted by molar-refractivity contribution is 0.667. The number of aryl methyl sites for hydroxylation is 2. The summed E-state index contributed by atoms with van der Waals surface area (Å²) in [6.07, 6.45) is 0. The Kier molecular flexibility index (Phi) is 2.90. The Morgan fingerprint density at radius 3 is 2.18 bits per heavy atom. The van der Waals surface area contributed by atoms with Crippen LogP contribution >= 0.6 is 0 Å². The third-order valence-electron chi connectivity index (χ3n) is 4.05. The van der Waals surface area contributed by atoms with Gasteiger partial charge in [-0.25, -0.2) is 0 Å². The van der Waals surface area contributed by atoms with E-state index in [1.807, 2.05) is 0 Å². The van der Waals surface area contributed by atoms with E-state index in [1.54, 1.807) is 0 Å². The molecule has 0 spiro atoms. The highest BCUT2D eigenvalue weighted by molar-refractivity contribution is 6.09. The van der Waals surface area contributed by atoms with Crippen molar-refractivity contribution in [1.82, 2.24) is 0 Å². The van der Waals surface area contributed by atoms with E-state index in [-0.39, 0.29) is 0 Å². The first-order valence-corrected chi connectivity index (χ1v) is 7.47. The van der Waals surface area contributed by atoms with Crippen molar-refractivity contribution >= 4 is 33.3 Å². The monoisotopic (exact) mass is 287 g/mol. The van der Waals surface area contributed by atoms with Crippen molar-refractivity contribution < 1.29 is 4.42 Å². The summed E-state index contributed by atoms with van der Waals surface area (Å²) in [5, 5.41) is 5.78. The molecule has 0 aliphatic rings. The summed E-state index contributed by atoms with van der Waals surface area (Å²) in [5.74, 6) is 0. The van der Waals surface area contributed by atoms with Crippen LogP contribution in [0.15, 0.2) is 65.1 Å². The topological polar surface area (TPSA) is 25.2 Å². The maximum Gasteiger partial charge on any atom is 0.158 e. The maximum absolute atomic E-state index is 6.15. The van der Waals surface area contributed by atoms with Gasteiger partial charge in [0.2, 0.25) is 0 Å². The summed E-state index contributed by atoms with van der Waals surface area (Å²) < 4.78 is 6.15. The maximum atomic E-state index is 6.15. The van der Waals surface area contributed by atoms with Crippen LogP contribution in [-0.2, 0) is 0 Å². The molecule has 1 aromatic heterocycles. The van der Waals surface area contributed by atoms with Gasteiger partial charge in [0.1, 0.15) is 5.58 Å². The summed E-state index contributed by atoms with van der Waals surface area (Å²) in [7, 11) is 0. The first-order valence-electron chi connectivity index (χ1n) is 7.47. The van der Waals surface area contributed by atoms with Gasteiger partial charge in [0, 0.05) is 16.5 Å². The molecule has 0 unspecified atom stereocenters. The predicted molar refractivity (Wildman–Crippen MR) is 92.9 cm³/mol. The van der Waals surface area contributed by atoms with Crippen molar-refractivity contribution in [2.24, 2.45) is 0 Å². The van der Waals surface area contributed by atoms with Crippen LogP contribution in [0.5, 0.6) is 0 Å². The van der Waals surface area contributed by atoms with Crippen LogP contribution < -0.4 is 5.32 Å². The Bertz CT molecular complexity index is 964. The van der Waals surface area contributed by atoms with Crippen LogP contribution in [0.2, 0.25) is 0 Å². The molecule has 1 heterocycles. The standard InChI is InChI=1S/C20H17NO/c1-13-9-11-15(12-10-13)21-18-8-4-7-17-16-6-3-5-14(2)19(16)22-20(17)18/h3-12,21H,1-2H3. The van der Waals surface area contributed by atoms with E-state index in [9.17, 15) is 0 Å². The quantitative estimate of drug-likeness (QED) is 0.493. The molecule has 0 fully saturated rings. The fourth-order valence-electron chi connectivity index (χ4n) is 2.85. The molecule has 0 atom stereocenters. The number of furan rings is 1. The molecular weight excluding hydrogens is 270 g/mol. The third-order valence-corrected chi connectivity index (χ3v) is 4.05. The zero-order valence-electron chi connectivity index (χ0n) is 12.7. The average Bonchev–Trinajstić information content (AvgIpc) is 2.91. The van der Waals surface area contributed by atoms with E-state index in [0.29, 0.717) is 0 Å². The Hall–Kier alpha value is -2.74. The second kappa shape index (κ2) is 4.92. The predicted octanol–water partition coefficient (Wildman–Crippen LogP) is 5.95. The van der Waals surface area contributed by atoms with Gasteiger partial charge >= 0.3 is 0 Å². The van der Waals surface area contributed by atoms with Gasteiger partial charge in [-0.2, -0.15) is 0 Å². The minimum atomic E-state index is 0.910. The van der Waals surface area contributed by atoms with Crippen LogP contribution in [0.25, 0.3) is 21.9 Å². The highest BCUT2D eigenvalue weighted by Crippen LogP contribution is 2.35. The molecule has 0 saturated heterocycles. The molecule has 0 amide bonds. The van der Waals surface area contributed by atoms with E-state index in [0.717, 1.165) is 33.5 Å². The van der Waals surface area contributed by atoms with E-state index < -0.39 is 0 Å². The Morgan fingerprint density at radius 1 is 0.727 bits per heavy atom. The number of nitrogens with one attached hydrogen (secondary N) is 1. The molecule has 3 aromatic carbocycles. The lowest BCUT2D eigenvalue weighted by Gasteiger charge is -2.07. The number of fused-ring (bicyclic) bond motifs is 3. The fraction of sp³-hybridized carbons (Fsp3) is 0.100. The first kappa shape index (κ1) is 13.0. The van der Waals surface area contributed by atoms with Crippen molar-refractivity contribution in [3.05, 3.63) is 71.8 Å². The van der Waals surface area contributed by atoms with Gasteiger partial charge in [0.25, 0.3) is 0 Å². The van der Waals surface area contributed by atoms with Gasteiger partial charge in [-0.1, -0.05) is 48.0 Å². The minimum Gasteiger partial charge on any atom is -0.454 e. The van der Waals surface area contributed by atoms with Gasteiger partial charge in [-0.05, 0) is 37.6 Å². The van der Waals surface area contributed by atoms with Crippen LogP contribution in [-0.4, -0.2) is 0 Å². The molecule has 1 N–H and O–H groups in total. The minimum absolute atomic E-state index is 0.910. The van der Waals surface area contributed by atoms with Crippen LogP contribution in [0.3, 0.4) is 0 Å². The number of benzene rings is 3. The SMILES string of the molecule is Cc1ccc(Nc2cccc3c2oc2c(C)cccc23)cc1. The second-order valence-electron chi connectivity index (χ2n) is 5.73. The smallest absolute Gasteiger partial charge is 0.158 e. The van der Waals surface area contributed by atoms with Crippen molar-refractivity contribution in [2.45, 2.75) is 13.8 Å². The van der Waals surface area contributed by atoms with E-state index in [4.69, 9.17) is 4.42 Å².